The van der Waals surface area contributed by atoms with Crippen molar-refractivity contribution in [2.24, 2.45) is 11.8 Å². The van der Waals surface area contributed by atoms with Gasteiger partial charge in [-0.2, -0.15) is 0 Å². The highest BCUT2D eigenvalue weighted by Crippen LogP contribution is 2.29. The molecule has 2 saturated heterocycles. The van der Waals surface area contributed by atoms with Crippen molar-refractivity contribution in [3.05, 3.63) is 83.4 Å². The lowest BCUT2D eigenvalue weighted by Crippen LogP contribution is -2.51. The van der Waals surface area contributed by atoms with Crippen LogP contribution in [-0.4, -0.2) is 191 Å². The number of urea groups is 1. The average molecular weight is 1060 g/mol. The Kier molecular flexibility index (Phi) is 23.2. The summed E-state index contributed by atoms with van der Waals surface area (Å²) in [6, 6.07) is 16.7. The second-order valence-electron chi connectivity index (χ2n) is 20.5. The second-order valence-corrected chi connectivity index (χ2v) is 20.5. The lowest BCUT2D eigenvalue weighted by atomic mass is 9.81. The van der Waals surface area contributed by atoms with E-state index in [-0.39, 0.29) is 62.4 Å². The first-order valence-electron chi connectivity index (χ1n) is 26.9. The molecule has 2 bridgehead atoms. The van der Waals surface area contributed by atoms with Gasteiger partial charge in [0.15, 0.2) is 0 Å². The minimum atomic E-state index is -1.53. The van der Waals surface area contributed by atoms with Gasteiger partial charge in [-0.3, -0.25) is 33.8 Å². The van der Waals surface area contributed by atoms with E-state index in [1.807, 2.05) is 66.7 Å². The largest absolute Gasteiger partial charge is 0.481 e. The molecule has 1 saturated carbocycles. The summed E-state index contributed by atoms with van der Waals surface area (Å²) in [7, 11) is 0. The zero-order valence-corrected chi connectivity index (χ0v) is 43.5. The molecule has 414 valence electrons. The van der Waals surface area contributed by atoms with E-state index in [1.165, 1.54) is 0 Å². The van der Waals surface area contributed by atoms with Gasteiger partial charge >= 0.3 is 29.9 Å². The number of carbonyl (C=O) groups excluding carboxylic acids is 4. The van der Waals surface area contributed by atoms with Gasteiger partial charge in [0.2, 0.25) is 11.8 Å². The van der Waals surface area contributed by atoms with Crippen LogP contribution < -0.4 is 26.6 Å². The smallest absolute Gasteiger partial charge is 0.326 e. The summed E-state index contributed by atoms with van der Waals surface area (Å²) >= 11 is 0. The lowest BCUT2D eigenvalue weighted by Gasteiger charge is -2.35. The number of carboxylic acid groups (broad SMARTS) is 4. The molecular weight excluding hydrogens is 979 g/mol. The fourth-order valence-corrected chi connectivity index (χ4v) is 10.3. The van der Waals surface area contributed by atoms with Crippen LogP contribution in [0, 0.1) is 11.8 Å². The van der Waals surface area contributed by atoms with Gasteiger partial charge in [0.05, 0.1) is 6.54 Å². The van der Waals surface area contributed by atoms with Crippen molar-refractivity contribution in [2.45, 2.75) is 102 Å². The predicted molar refractivity (Wildman–Crippen MR) is 284 cm³/mol. The zero-order valence-electron chi connectivity index (χ0n) is 43.5. The fraction of sp³-hybridized carbons (Fsp3) is 0.564. The van der Waals surface area contributed by atoms with E-state index < -0.39 is 60.4 Å². The molecule has 3 aromatic carbocycles. The summed E-state index contributed by atoms with van der Waals surface area (Å²) in [4.78, 5) is 109. The Bertz CT molecular complexity index is 2430. The molecule has 5 atom stereocenters. The Balaban J connectivity index is 0.942. The monoisotopic (exact) mass is 1060 g/mol. The first kappa shape index (κ1) is 58.6. The molecule has 21 nitrogen and oxygen atoms in total. The van der Waals surface area contributed by atoms with Crippen molar-refractivity contribution in [1.82, 2.24) is 46.2 Å². The van der Waals surface area contributed by atoms with E-state index in [0.29, 0.717) is 31.4 Å². The van der Waals surface area contributed by atoms with E-state index in [1.54, 1.807) is 0 Å². The van der Waals surface area contributed by atoms with Gasteiger partial charge < -0.3 is 56.8 Å². The minimum absolute atomic E-state index is 0.0387. The molecule has 2 unspecified atom stereocenters. The molecule has 3 aromatic rings. The molecule has 21 heteroatoms. The van der Waals surface area contributed by atoms with Crippen LogP contribution in [0.5, 0.6) is 0 Å². The first-order chi connectivity index (χ1) is 36.6. The van der Waals surface area contributed by atoms with Crippen molar-refractivity contribution in [1.29, 1.82) is 0 Å². The highest BCUT2D eigenvalue weighted by molar-refractivity contribution is 5.94. The maximum atomic E-state index is 13.8. The Morgan fingerprint density at radius 3 is 1.82 bits per heavy atom. The number of carboxylic acids is 4. The molecule has 0 spiro atoms. The van der Waals surface area contributed by atoms with Crippen molar-refractivity contribution in [2.75, 3.05) is 85.1 Å². The maximum absolute atomic E-state index is 13.8. The number of amides is 5. The molecule has 9 N–H and O–H groups in total. The zero-order chi connectivity index (χ0) is 54.4. The number of hydrogen-bond donors (Lipinski definition) is 9. The molecule has 76 heavy (non-hydrogen) atoms. The Morgan fingerprint density at radius 2 is 1.17 bits per heavy atom. The number of nitrogens with one attached hydrogen (secondary N) is 5. The van der Waals surface area contributed by atoms with Gasteiger partial charge in [-0.15, -0.1) is 0 Å². The summed E-state index contributed by atoms with van der Waals surface area (Å²) in [5.41, 5.74) is 2.59. The van der Waals surface area contributed by atoms with Gasteiger partial charge in [0, 0.05) is 89.8 Å². The quantitative estimate of drug-likeness (QED) is 0.0583. The first-order valence-corrected chi connectivity index (χ1v) is 26.9. The SMILES string of the molecule is O=C(O)CC[C@H](NC(=O)N[C@@H](CCCCNC(=O)[C@H](Cc1ccc2ccccc2c1)NC(=O)[C@H]1CC[C@H](CNC(=O)c2ccc(CN3CCCN4CCN(CCCN(CC(=O)O)CC4)CC3)cc2)CC1)C(=O)O)C(=O)O. The number of nitrogens with zero attached hydrogens (tertiary/aromatic N) is 4. The second kappa shape index (κ2) is 30.2. The van der Waals surface area contributed by atoms with E-state index in [4.69, 9.17) is 5.11 Å². The van der Waals surface area contributed by atoms with Crippen molar-refractivity contribution in [3.8, 4) is 0 Å². The molecule has 1 aliphatic carbocycles. The third-order valence-electron chi connectivity index (χ3n) is 14.8. The highest BCUT2D eigenvalue weighted by Gasteiger charge is 2.31. The third kappa shape index (κ3) is 19.8. The van der Waals surface area contributed by atoms with E-state index in [0.717, 1.165) is 120 Å². The lowest BCUT2D eigenvalue weighted by molar-refractivity contribution is -0.141. The summed E-state index contributed by atoms with van der Waals surface area (Å²) < 4.78 is 0. The predicted octanol–water partition coefficient (Wildman–Crippen LogP) is 3.06. The van der Waals surface area contributed by atoms with Crippen LogP contribution in [0.4, 0.5) is 4.79 Å². The Morgan fingerprint density at radius 1 is 0.566 bits per heavy atom. The fourth-order valence-electron chi connectivity index (χ4n) is 10.3. The normalized spacial score (nSPS) is 20.9. The number of benzene rings is 3. The molecule has 0 aromatic heterocycles. The number of unbranched alkanes of at least 4 members (excludes halogenated alkanes) is 1. The standard InChI is InChI=1S/C55H77N9O12/c65-48(66)21-20-46(54(74)75)60-55(76)59-45(53(72)73)9-3-4-22-56-52(71)47(34-40-14-15-41-7-1-2-8-44(41)33-40)58-51(70)43-16-10-38(11-17-43)35-57-50(69)42-18-12-39(13-19-42)36-63-25-5-23-62-28-27-61(29-31-63)24-6-26-64(32-30-62)37-49(67)68/h1-2,7-8,12-15,18-19,33,38,43,45-47H,3-6,9-11,16-17,20-32,34-37H2,(H,56,71)(H,57,69)(H,58,70)(H,65,66)(H,67,68)(H,72,73)(H,74,75)(H2,59,60,76)/t38-,43-,45-,46-,47-/m0/s1. The summed E-state index contributed by atoms with van der Waals surface area (Å²) in [6.07, 6.45) is 4.49. The van der Waals surface area contributed by atoms with E-state index >= 15 is 0 Å². The van der Waals surface area contributed by atoms with Crippen molar-refractivity contribution in [3.63, 3.8) is 0 Å². The van der Waals surface area contributed by atoms with Gasteiger partial charge in [-0.1, -0.05) is 54.6 Å². The molecule has 2 aliphatic heterocycles. The van der Waals surface area contributed by atoms with Crippen LogP contribution in [0.15, 0.2) is 66.7 Å². The van der Waals surface area contributed by atoms with Crippen LogP contribution in [0.2, 0.25) is 0 Å². The van der Waals surface area contributed by atoms with Gasteiger partial charge in [-0.25, -0.2) is 14.4 Å². The summed E-state index contributed by atoms with van der Waals surface area (Å²) in [5, 5.41) is 52.6. The topological polar surface area (TPSA) is 291 Å². The average Bonchev–Trinajstić information content (AvgIpc) is 3.40. The van der Waals surface area contributed by atoms with Gasteiger partial charge in [-0.05, 0) is 124 Å². The summed E-state index contributed by atoms with van der Waals surface area (Å²) in [5.74, 6) is -5.74. The Labute approximate surface area is 444 Å². The maximum Gasteiger partial charge on any atom is 0.326 e. The summed E-state index contributed by atoms with van der Waals surface area (Å²) in [6.45, 7) is 10.6. The van der Waals surface area contributed by atoms with Gasteiger partial charge in [0.1, 0.15) is 18.1 Å². The van der Waals surface area contributed by atoms with Crippen LogP contribution in [0.1, 0.15) is 92.1 Å². The van der Waals surface area contributed by atoms with Crippen LogP contribution in [0.25, 0.3) is 10.8 Å². The number of hydrogen-bond acceptors (Lipinski definition) is 12. The number of fused-ring (bicyclic) bond motifs is 4. The van der Waals surface area contributed by atoms with Crippen LogP contribution >= 0.6 is 0 Å². The van der Waals surface area contributed by atoms with E-state index in [9.17, 15) is 53.7 Å². The highest BCUT2D eigenvalue weighted by atomic mass is 16.4. The molecule has 3 aliphatic rings. The molecule has 5 amide bonds. The van der Waals surface area contributed by atoms with Crippen molar-refractivity contribution >= 4 is 58.4 Å². The number of aliphatic carboxylic acids is 4. The number of rotatable bonds is 24. The molecule has 3 fully saturated rings. The Hall–Kier alpha value is -6.68. The minimum Gasteiger partial charge on any atom is -0.481 e. The van der Waals surface area contributed by atoms with Crippen LogP contribution in [0.3, 0.4) is 0 Å². The number of carbonyl (C=O) groups is 8. The van der Waals surface area contributed by atoms with Gasteiger partial charge in [0.25, 0.3) is 5.91 Å². The van der Waals surface area contributed by atoms with E-state index in [2.05, 4.69) is 46.2 Å². The third-order valence-corrected chi connectivity index (χ3v) is 14.8. The molecule has 0 radical (unpaired) electrons. The molecule has 6 rings (SSSR count). The van der Waals surface area contributed by atoms with Crippen LogP contribution in [-0.2, 0) is 41.7 Å². The van der Waals surface area contributed by atoms with Crippen molar-refractivity contribution < 1.29 is 58.8 Å². The molecule has 2 heterocycles. The molecular formula is C55H77N9O12.